The van der Waals surface area contributed by atoms with Gasteiger partial charge in [0.25, 0.3) is 0 Å². The number of rotatable bonds is 4. The van der Waals surface area contributed by atoms with E-state index in [0.29, 0.717) is 6.54 Å². The van der Waals surface area contributed by atoms with E-state index in [1.807, 2.05) is 17.1 Å². The Hall–Kier alpha value is -1.68. The summed E-state index contributed by atoms with van der Waals surface area (Å²) in [6.07, 6.45) is 3.88. The van der Waals surface area contributed by atoms with Gasteiger partial charge in [-0.2, -0.15) is 5.10 Å². The number of halogens is 1. The van der Waals surface area contributed by atoms with E-state index in [1.165, 1.54) is 12.1 Å². The lowest BCUT2D eigenvalue weighted by atomic mass is 10.1. The van der Waals surface area contributed by atoms with Crippen molar-refractivity contribution in [3.8, 4) is 0 Å². The van der Waals surface area contributed by atoms with Crippen LogP contribution in [0.3, 0.4) is 0 Å². The molecule has 2 aromatic rings. The SMILES string of the molecule is CC(C)(C)NCc1cnn(Cc2ccc(F)cc2)c1. The molecule has 0 amide bonds. The quantitative estimate of drug-likeness (QED) is 0.917. The minimum atomic E-state index is -0.209. The van der Waals surface area contributed by atoms with Gasteiger partial charge in [-0.05, 0) is 38.5 Å². The molecule has 1 heterocycles. The highest BCUT2D eigenvalue weighted by Gasteiger charge is 2.09. The molecule has 0 aliphatic rings. The lowest BCUT2D eigenvalue weighted by Crippen LogP contribution is -2.34. The molecule has 0 fully saturated rings. The largest absolute Gasteiger partial charge is 0.308 e. The monoisotopic (exact) mass is 261 g/mol. The molecule has 1 aromatic carbocycles. The summed E-state index contributed by atoms with van der Waals surface area (Å²) in [5.74, 6) is -0.209. The van der Waals surface area contributed by atoms with Crippen molar-refractivity contribution in [3.05, 3.63) is 53.6 Å². The van der Waals surface area contributed by atoms with Gasteiger partial charge in [-0.3, -0.25) is 4.68 Å². The zero-order valence-electron chi connectivity index (χ0n) is 11.7. The van der Waals surface area contributed by atoms with Crippen molar-refractivity contribution in [3.63, 3.8) is 0 Å². The fraction of sp³-hybridized carbons (Fsp3) is 0.400. The van der Waals surface area contributed by atoms with Crippen molar-refractivity contribution in [1.29, 1.82) is 0 Å². The fourth-order valence-corrected chi connectivity index (χ4v) is 1.73. The standard InChI is InChI=1S/C15H20FN3/c1-15(2,3)17-8-13-9-18-19(11-13)10-12-4-6-14(16)7-5-12/h4-7,9,11,17H,8,10H2,1-3H3. The van der Waals surface area contributed by atoms with Gasteiger partial charge in [0.2, 0.25) is 0 Å². The van der Waals surface area contributed by atoms with Crippen LogP contribution in [0.15, 0.2) is 36.7 Å². The molecular formula is C15H20FN3. The topological polar surface area (TPSA) is 29.9 Å². The van der Waals surface area contributed by atoms with Crippen LogP contribution in [0.2, 0.25) is 0 Å². The molecule has 4 heteroatoms. The summed E-state index contributed by atoms with van der Waals surface area (Å²) in [4.78, 5) is 0. The lowest BCUT2D eigenvalue weighted by Gasteiger charge is -2.19. The van der Waals surface area contributed by atoms with Crippen molar-refractivity contribution in [2.24, 2.45) is 0 Å². The Balaban J connectivity index is 1.95. The molecule has 0 aliphatic carbocycles. The number of aromatic nitrogens is 2. The third kappa shape index (κ3) is 4.48. The normalized spacial score (nSPS) is 11.8. The van der Waals surface area contributed by atoms with Crippen LogP contribution in [-0.4, -0.2) is 15.3 Å². The predicted molar refractivity (Wildman–Crippen MR) is 74.3 cm³/mol. The summed E-state index contributed by atoms with van der Waals surface area (Å²) in [7, 11) is 0. The van der Waals surface area contributed by atoms with Crippen LogP contribution < -0.4 is 5.32 Å². The van der Waals surface area contributed by atoms with Crippen molar-refractivity contribution in [2.75, 3.05) is 0 Å². The zero-order valence-corrected chi connectivity index (χ0v) is 11.7. The molecule has 0 unspecified atom stereocenters. The number of hydrogen-bond donors (Lipinski definition) is 1. The van der Waals surface area contributed by atoms with Crippen molar-refractivity contribution < 1.29 is 4.39 Å². The molecule has 0 bridgehead atoms. The van der Waals surface area contributed by atoms with E-state index in [-0.39, 0.29) is 11.4 Å². The Kier molecular flexibility index (Phi) is 4.00. The molecule has 0 saturated carbocycles. The lowest BCUT2D eigenvalue weighted by molar-refractivity contribution is 0.424. The number of nitrogens with one attached hydrogen (secondary N) is 1. The number of benzene rings is 1. The van der Waals surface area contributed by atoms with Crippen LogP contribution in [0.1, 0.15) is 31.9 Å². The highest BCUT2D eigenvalue weighted by atomic mass is 19.1. The Morgan fingerprint density at radius 1 is 1.16 bits per heavy atom. The number of nitrogens with zero attached hydrogens (tertiary/aromatic N) is 2. The third-order valence-corrected chi connectivity index (χ3v) is 2.77. The van der Waals surface area contributed by atoms with E-state index >= 15 is 0 Å². The molecule has 0 spiro atoms. The first-order valence-corrected chi connectivity index (χ1v) is 6.43. The van der Waals surface area contributed by atoms with E-state index in [2.05, 4.69) is 31.2 Å². The van der Waals surface area contributed by atoms with Gasteiger partial charge in [-0.25, -0.2) is 4.39 Å². The smallest absolute Gasteiger partial charge is 0.123 e. The second-order valence-electron chi connectivity index (χ2n) is 5.78. The van der Waals surface area contributed by atoms with Crippen molar-refractivity contribution >= 4 is 0 Å². The molecule has 0 aliphatic heterocycles. The van der Waals surface area contributed by atoms with Gasteiger partial charge in [-0.15, -0.1) is 0 Å². The highest BCUT2D eigenvalue weighted by Crippen LogP contribution is 2.07. The molecular weight excluding hydrogens is 241 g/mol. The molecule has 0 saturated heterocycles. The molecule has 1 aromatic heterocycles. The van der Waals surface area contributed by atoms with Crippen LogP contribution >= 0.6 is 0 Å². The van der Waals surface area contributed by atoms with Crippen molar-refractivity contribution in [1.82, 2.24) is 15.1 Å². The summed E-state index contributed by atoms with van der Waals surface area (Å²) < 4.78 is 14.7. The second kappa shape index (κ2) is 5.53. The van der Waals surface area contributed by atoms with Crippen LogP contribution in [0.5, 0.6) is 0 Å². The van der Waals surface area contributed by atoms with E-state index in [1.54, 1.807) is 12.1 Å². The summed E-state index contributed by atoms with van der Waals surface area (Å²) in [6, 6.07) is 6.51. The van der Waals surface area contributed by atoms with Crippen LogP contribution in [0.4, 0.5) is 4.39 Å². The predicted octanol–water partition coefficient (Wildman–Crippen LogP) is 2.96. The van der Waals surface area contributed by atoms with Gasteiger partial charge in [0.05, 0.1) is 12.7 Å². The van der Waals surface area contributed by atoms with Crippen LogP contribution in [0, 0.1) is 5.82 Å². The van der Waals surface area contributed by atoms with E-state index in [4.69, 9.17) is 0 Å². The van der Waals surface area contributed by atoms with E-state index in [9.17, 15) is 4.39 Å². The molecule has 102 valence electrons. The van der Waals surface area contributed by atoms with E-state index < -0.39 is 0 Å². The maximum absolute atomic E-state index is 12.8. The average molecular weight is 261 g/mol. The van der Waals surface area contributed by atoms with Gasteiger partial charge >= 0.3 is 0 Å². The Bertz CT molecular complexity index is 523. The fourth-order valence-electron chi connectivity index (χ4n) is 1.73. The van der Waals surface area contributed by atoms with Crippen LogP contribution in [0.25, 0.3) is 0 Å². The first-order valence-electron chi connectivity index (χ1n) is 6.43. The minimum Gasteiger partial charge on any atom is -0.308 e. The molecule has 0 atom stereocenters. The van der Waals surface area contributed by atoms with Gasteiger partial charge < -0.3 is 5.32 Å². The zero-order chi connectivity index (χ0) is 13.9. The summed E-state index contributed by atoms with van der Waals surface area (Å²) >= 11 is 0. The van der Waals surface area contributed by atoms with Gasteiger partial charge in [0.15, 0.2) is 0 Å². The average Bonchev–Trinajstić information content (AvgIpc) is 2.77. The van der Waals surface area contributed by atoms with Crippen molar-refractivity contribution in [2.45, 2.75) is 39.4 Å². The summed E-state index contributed by atoms with van der Waals surface area (Å²) in [5.41, 5.74) is 2.29. The third-order valence-electron chi connectivity index (χ3n) is 2.77. The molecule has 19 heavy (non-hydrogen) atoms. The minimum absolute atomic E-state index is 0.0963. The molecule has 3 nitrogen and oxygen atoms in total. The van der Waals surface area contributed by atoms with Gasteiger partial charge in [-0.1, -0.05) is 12.1 Å². The molecule has 2 rings (SSSR count). The first-order chi connectivity index (χ1) is 8.92. The second-order valence-corrected chi connectivity index (χ2v) is 5.78. The molecule has 1 N–H and O–H groups in total. The summed E-state index contributed by atoms with van der Waals surface area (Å²) in [6.45, 7) is 7.87. The van der Waals surface area contributed by atoms with Gasteiger partial charge in [0.1, 0.15) is 5.82 Å². The van der Waals surface area contributed by atoms with Gasteiger partial charge in [0, 0.05) is 23.8 Å². The molecule has 0 radical (unpaired) electrons. The Morgan fingerprint density at radius 2 is 1.84 bits per heavy atom. The maximum Gasteiger partial charge on any atom is 0.123 e. The first kappa shape index (κ1) is 13.7. The Morgan fingerprint density at radius 3 is 2.47 bits per heavy atom. The van der Waals surface area contributed by atoms with Crippen LogP contribution in [-0.2, 0) is 13.1 Å². The highest BCUT2D eigenvalue weighted by molar-refractivity contribution is 5.16. The summed E-state index contributed by atoms with van der Waals surface area (Å²) in [5, 5.41) is 7.74. The Labute approximate surface area is 113 Å². The van der Waals surface area contributed by atoms with E-state index in [0.717, 1.165) is 17.7 Å². The maximum atomic E-state index is 12.8. The number of hydrogen-bond acceptors (Lipinski definition) is 2.